The third kappa shape index (κ3) is 4.94. The van der Waals surface area contributed by atoms with Gasteiger partial charge in [-0.25, -0.2) is 0 Å². The van der Waals surface area contributed by atoms with Gasteiger partial charge in [-0.1, -0.05) is 18.2 Å². The van der Waals surface area contributed by atoms with Crippen molar-refractivity contribution in [3.8, 4) is 11.5 Å². The van der Waals surface area contributed by atoms with Crippen LogP contribution >= 0.6 is 0 Å². The molecule has 0 radical (unpaired) electrons. The van der Waals surface area contributed by atoms with Gasteiger partial charge in [0.25, 0.3) is 5.91 Å². The van der Waals surface area contributed by atoms with E-state index in [1.165, 1.54) is 17.9 Å². The highest BCUT2D eigenvalue weighted by atomic mass is 16.5. The summed E-state index contributed by atoms with van der Waals surface area (Å²) in [5.41, 5.74) is 1.42. The van der Waals surface area contributed by atoms with Gasteiger partial charge in [0.05, 0.1) is 20.8 Å². The zero-order valence-electron chi connectivity index (χ0n) is 14.6. The summed E-state index contributed by atoms with van der Waals surface area (Å²) < 4.78 is 10.4. The Balaban J connectivity index is 2.25. The van der Waals surface area contributed by atoms with Crippen molar-refractivity contribution >= 4 is 23.5 Å². The van der Waals surface area contributed by atoms with Gasteiger partial charge in [-0.3, -0.25) is 9.59 Å². The fourth-order valence-corrected chi connectivity index (χ4v) is 2.34. The molecule has 0 aliphatic rings. The Morgan fingerprint density at radius 1 is 1.00 bits per heavy atom. The monoisotopic (exact) mass is 339 g/mol. The van der Waals surface area contributed by atoms with Gasteiger partial charge in [0.1, 0.15) is 17.3 Å². The van der Waals surface area contributed by atoms with E-state index < -0.39 is 0 Å². The molecule has 0 aliphatic heterocycles. The Hall–Kier alpha value is -3.08. The van der Waals surface area contributed by atoms with Crippen LogP contribution in [0.2, 0.25) is 0 Å². The van der Waals surface area contributed by atoms with Crippen molar-refractivity contribution in [1.82, 2.24) is 0 Å². The summed E-state index contributed by atoms with van der Waals surface area (Å²) in [6.45, 7) is 1.45. The van der Waals surface area contributed by atoms with Gasteiger partial charge in [-0.05, 0) is 43.3 Å². The zero-order chi connectivity index (χ0) is 18.2. The largest absolute Gasteiger partial charge is 0.497 e. The standard InChI is InChI=1S/C20H21NO4/c1-15(22)14-21(17-9-11-18(24-2)12-10-17)20(23)13-8-16-6-4-5-7-19(16)25-3/h4-13H,14H2,1-3H3/b13-8+. The zero-order valence-corrected chi connectivity index (χ0v) is 14.6. The van der Waals surface area contributed by atoms with Gasteiger partial charge in [0.2, 0.25) is 0 Å². The molecule has 0 heterocycles. The molecule has 0 aliphatic carbocycles. The second-order valence-electron chi connectivity index (χ2n) is 5.40. The van der Waals surface area contributed by atoms with Gasteiger partial charge in [-0.2, -0.15) is 0 Å². The maximum Gasteiger partial charge on any atom is 0.251 e. The molecule has 0 aromatic heterocycles. The summed E-state index contributed by atoms with van der Waals surface area (Å²) in [6, 6.07) is 14.4. The topological polar surface area (TPSA) is 55.8 Å². The minimum absolute atomic E-state index is 0.00142. The molecule has 0 saturated carbocycles. The Bertz CT molecular complexity index is 766. The molecule has 0 bridgehead atoms. The van der Waals surface area contributed by atoms with Crippen molar-refractivity contribution in [2.45, 2.75) is 6.92 Å². The quantitative estimate of drug-likeness (QED) is 0.726. The molecule has 0 unspecified atom stereocenters. The molecule has 2 aromatic rings. The van der Waals surface area contributed by atoms with Crippen molar-refractivity contribution in [1.29, 1.82) is 0 Å². The average molecular weight is 339 g/mol. The van der Waals surface area contributed by atoms with Crippen LogP contribution in [0, 0.1) is 0 Å². The van der Waals surface area contributed by atoms with Crippen LogP contribution in [0.3, 0.4) is 0 Å². The van der Waals surface area contributed by atoms with Crippen molar-refractivity contribution < 1.29 is 19.1 Å². The van der Waals surface area contributed by atoms with Crippen LogP contribution in [0.4, 0.5) is 5.69 Å². The highest BCUT2D eigenvalue weighted by Gasteiger charge is 2.15. The van der Waals surface area contributed by atoms with Crippen LogP contribution < -0.4 is 14.4 Å². The summed E-state index contributed by atoms with van der Waals surface area (Å²) in [5, 5.41) is 0. The molecule has 25 heavy (non-hydrogen) atoms. The fourth-order valence-electron chi connectivity index (χ4n) is 2.34. The Kier molecular flexibility index (Phi) is 6.34. The van der Waals surface area contributed by atoms with Gasteiger partial charge < -0.3 is 14.4 Å². The molecule has 0 atom stereocenters. The van der Waals surface area contributed by atoms with E-state index in [9.17, 15) is 9.59 Å². The number of ether oxygens (including phenoxy) is 2. The maximum atomic E-state index is 12.6. The number of benzene rings is 2. The lowest BCUT2D eigenvalue weighted by atomic mass is 10.1. The number of rotatable bonds is 7. The van der Waals surface area contributed by atoms with E-state index in [1.54, 1.807) is 44.6 Å². The summed E-state index contributed by atoms with van der Waals surface area (Å²) >= 11 is 0. The Morgan fingerprint density at radius 3 is 2.28 bits per heavy atom. The number of carbonyl (C=O) groups is 2. The van der Waals surface area contributed by atoms with Crippen LogP contribution in [0.1, 0.15) is 12.5 Å². The third-order valence-electron chi connectivity index (χ3n) is 3.58. The normalized spacial score (nSPS) is 10.5. The first-order valence-corrected chi connectivity index (χ1v) is 7.81. The van der Waals surface area contributed by atoms with Crippen LogP contribution in [0.15, 0.2) is 54.6 Å². The maximum absolute atomic E-state index is 12.6. The molecule has 2 rings (SSSR count). The first kappa shape index (κ1) is 18.3. The van der Waals surface area contributed by atoms with Gasteiger partial charge >= 0.3 is 0 Å². The van der Waals surface area contributed by atoms with E-state index in [2.05, 4.69) is 0 Å². The number of Topliss-reactive ketones (excluding diaryl/α,β-unsaturated/α-hetero) is 1. The van der Waals surface area contributed by atoms with E-state index in [-0.39, 0.29) is 18.2 Å². The van der Waals surface area contributed by atoms with E-state index in [0.717, 1.165) is 5.56 Å². The molecule has 130 valence electrons. The SMILES string of the molecule is COc1ccc(N(CC(C)=O)C(=O)/C=C/c2ccccc2OC)cc1. The van der Waals surface area contributed by atoms with Crippen molar-refractivity contribution in [2.75, 3.05) is 25.7 Å². The summed E-state index contributed by atoms with van der Waals surface area (Å²) in [4.78, 5) is 25.6. The number of hydrogen-bond donors (Lipinski definition) is 0. The van der Waals surface area contributed by atoms with E-state index in [1.807, 2.05) is 24.3 Å². The highest BCUT2D eigenvalue weighted by molar-refractivity contribution is 6.06. The number of carbonyl (C=O) groups excluding carboxylic acids is 2. The lowest BCUT2D eigenvalue weighted by Crippen LogP contribution is -2.33. The lowest BCUT2D eigenvalue weighted by Gasteiger charge is -2.20. The predicted molar refractivity (Wildman–Crippen MR) is 98.1 cm³/mol. The molecular weight excluding hydrogens is 318 g/mol. The predicted octanol–water partition coefficient (Wildman–Crippen LogP) is 3.34. The van der Waals surface area contributed by atoms with Gasteiger partial charge in [0.15, 0.2) is 0 Å². The molecule has 2 aromatic carbocycles. The van der Waals surface area contributed by atoms with Gasteiger partial charge in [-0.15, -0.1) is 0 Å². The molecule has 0 N–H and O–H groups in total. The fraction of sp³-hybridized carbons (Fsp3) is 0.200. The minimum Gasteiger partial charge on any atom is -0.497 e. The second-order valence-corrected chi connectivity index (χ2v) is 5.40. The van der Waals surface area contributed by atoms with E-state index >= 15 is 0 Å². The smallest absolute Gasteiger partial charge is 0.251 e. The molecule has 5 heteroatoms. The van der Waals surface area contributed by atoms with Crippen LogP contribution in [-0.2, 0) is 9.59 Å². The van der Waals surface area contributed by atoms with Crippen molar-refractivity contribution in [2.24, 2.45) is 0 Å². The number of para-hydroxylation sites is 1. The van der Waals surface area contributed by atoms with E-state index in [0.29, 0.717) is 17.2 Å². The van der Waals surface area contributed by atoms with Crippen LogP contribution in [-0.4, -0.2) is 32.5 Å². The molecule has 0 spiro atoms. The van der Waals surface area contributed by atoms with Gasteiger partial charge in [0, 0.05) is 17.3 Å². The minimum atomic E-state index is -0.286. The third-order valence-corrected chi connectivity index (χ3v) is 3.58. The number of hydrogen-bond acceptors (Lipinski definition) is 4. The molecule has 5 nitrogen and oxygen atoms in total. The summed E-state index contributed by atoms with van der Waals surface area (Å²) in [6.07, 6.45) is 3.11. The second kappa shape index (κ2) is 8.68. The number of anilines is 1. The van der Waals surface area contributed by atoms with Crippen LogP contribution in [0.25, 0.3) is 6.08 Å². The lowest BCUT2D eigenvalue weighted by molar-refractivity contribution is -0.119. The Morgan fingerprint density at radius 2 is 1.68 bits per heavy atom. The average Bonchev–Trinajstić information content (AvgIpc) is 2.64. The highest BCUT2D eigenvalue weighted by Crippen LogP contribution is 2.21. The van der Waals surface area contributed by atoms with E-state index in [4.69, 9.17) is 9.47 Å². The number of methoxy groups -OCH3 is 2. The number of ketones is 1. The molecule has 1 amide bonds. The first-order valence-electron chi connectivity index (χ1n) is 7.81. The molecule has 0 saturated heterocycles. The van der Waals surface area contributed by atoms with Crippen molar-refractivity contribution in [3.63, 3.8) is 0 Å². The number of nitrogens with zero attached hydrogens (tertiary/aromatic N) is 1. The number of amides is 1. The molecular formula is C20H21NO4. The van der Waals surface area contributed by atoms with Crippen molar-refractivity contribution in [3.05, 3.63) is 60.2 Å². The Labute approximate surface area is 147 Å². The first-order chi connectivity index (χ1) is 12.0. The van der Waals surface area contributed by atoms with Crippen LogP contribution in [0.5, 0.6) is 11.5 Å². The summed E-state index contributed by atoms with van der Waals surface area (Å²) in [7, 11) is 3.15. The summed E-state index contributed by atoms with van der Waals surface area (Å²) in [5.74, 6) is 0.971. The molecule has 0 fully saturated rings.